The maximum absolute atomic E-state index is 3.88. The van der Waals surface area contributed by atoms with E-state index in [0.717, 1.165) is 12.3 Å². The van der Waals surface area contributed by atoms with E-state index in [9.17, 15) is 0 Å². The lowest BCUT2D eigenvalue weighted by molar-refractivity contribution is 0.369. The number of allylic oxidation sites excluding steroid dienone is 5. The van der Waals surface area contributed by atoms with Gasteiger partial charge in [0, 0.05) is 0 Å². The van der Waals surface area contributed by atoms with Gasteiger partial charge < -0.3 is 4.90 Å². The molecule has 0 radical (unpaired) electrons. The molecule has 0 N–H and O–H groups in total. The van der Waals surface area contributed by atoms with Crippen molar-refractivity contribution in [3.05, 3.63) is 37.0 Å². The summed E-state index contributed by atoms with van der Waals surface area (Å²) in [6, 6.07) is 0. The quantitative estimate of drug-likeness (QED) is 0.470. The van der Waals surface area contributed by atoms with Gasteiger partial charge >= 0.3 is 0 Å². The summed E-state index contributed by atoms with van der Waals surface area (Å²) in [6.07, 6.45) is 17.3. The Morgan fingerprint density at radius 2 is 1.79 bits per heavy atom. The molecule has 110 valence electrons. The van der Waals surface area contributed by atoms with Crippen LogP contribution in [0, 0.1) is 11.8 Å². The van der Waals surface area contributed by atoms with Crippen LogP contribution in [0.4, 0.5) is 0 Å². The SMILES string of the molecule is C=CCC(/C=C/C(CC)CCN(C)C)CC/C=C\C. The molecule has 0 aliphatic carbocycles. The lowest BCUT2D eigenvalue weighted by Crippen LogP contribution is -2.15. The van der Waals surface area contributed by atoms with Gasteiger partial charge in [-0.1, -0.05) is 37.3 Å². The van der Waals surface area contributed by atoms with Crippen molar-refractivity contribution >= 4 is 0 Å². The maximum atomic E-state index is 3.88. The van der Waals surface area contributed by atoms with E-state index in [2.05, 4.69) is 63.7 Å². The fraction of sp³-hybridized carbons (Fsp3) is 0.667. The second-order valence-electron chi connectivity index (χ2n) is 5.58. The molecular formula is C18H33N. The highest BCUT2D eigenvalue weighted by atomic mass is 15.0. The van der Waals surface area contributed by atoms with Crippen molar-refractivity contribution in [2.75, 3.05) is 20.6 Å². The Bertz CT molecular complexity index is 263. The number of hydrogen-bond donors (Lipinski definition) is 0. The third-order valence-corrected chi connectivity index (χ3v) is 3.54. The van der Waals surface area contributed by atoms with E-state index in [1.165, 1.54) is 32.2 Å². The van der Waals surface area contributed by atoms with Crippen molar-refractivity contribution in [2.24, 2.45) is 11.8 Å². The first-order valence-electron chi connectivity index (χ1n) is 7.69. The zero-order valence-electron chi connectivity index (χ0n) is 13.4. The number of nitrogens with zero attached hydrogens (tertiary/aromatic N) is 1. The fourth-order valence-corrected chi connectivity index (χ4v) is 2.16. The summed E-state index contributed by atoms with van der Waals surface area (Å²) in [5, 5.41) is 0. The van der Waals surface area contributed by atoms with E-state index in [1.807, 2.05) is 6.08 Å². The van der Waals surface area contributed by atoms with Crippen LogP contribution in [-0.2, 0) is 0 Å². The van der Waals surface area contributed by atoms with Gasteiger partial charge in [0.25, 0.3) is 0 Å². The molecule has 1 heteroatoms. The third-order valence-electron chi connectivity index (χ3n) is 3.54. The smallest absolute Gasteiger partial charge is 0.00192 e. The van der Waals surface area contributed by atoms with Crippen LogP contribution in [0.2, 0.25) is 0 Å². The predicted octanol–water partition coefficient (Wildman–Crippen LogP) is 5.07. The summed E-state index contributed by atoms with van der Waals surface area (Å²) >= 11 is 0. The van der Waals surface area contributed by atoms with Crippen LogP contribution in [-0.4, -0.2) is 25.5 Å². The largest absolute Gasteiger partial charge is 0.309 e. The van der Waals surface area contributed by atoms with E-state index < -0.39 is 0 Å². The Morgan fingerprint density at radius 1 is 1.11 bits per heavy atom. The molecule has 1 nitrogen and oxygen atoms in total. The summed E-state index contributed by atoms with van der Waals surface area (Å²) in [5.41, 5.74) is 0. The second-order valence-corrected chi connectivity index (χ2v) is 5.58. The van der Waals surface area contributed by atoms with Gasteiger partial charge in [-0.25, -0.2) is 0 Å². The maximum Gasteiger partial charge on any atom is -0.00192 e. The van der Waals surface area contributed by atoms with Crippen LogP contribution < -0.4 is 0 Å². The Kier molecular flexibility index (Phi) is 11.7. The summed E-state index contributed by atoms with van der Waals surface area (Å²) < 4.78 is 0. The highest BCUT2D eigenvalue weighted by molar-refractivity contribution is 4.96. The van der Waals surface area contributed by atoms with Crippen molar-refractivity contribution in [1.29, 1.82) is 0 Å². The zero-order chi connectivity index (χ0) is 14.5. The fourth-order valence-electron chi connectivity index (χ4n) is 2.16. The molecule has 19 heavy (non-hydrogen) atoms. The van der Waals surface area contributed by atoms with Gasteiger partial charge in [-0.05, 0) is 71.5 Å². The first-order chi connectivity index (χ1) is 9.13. The molecule has 0 rings (SSSR count). The van der Waals surface area contributed by atoms with Crippen LogP contribution in [0.3, 0.4) is 0 Å². The van der Waals surface area contributed by atoms with Crippen molar-refractivity contribution in [2.45, 2.75) is 46.0 Å². The minimum Gasteiger partial charge on any atom is -0.309 e. The van der Waals surface area contributed by atoms with Crippen LogP contribution in [0.15, 0.2) is 37.0 Å². The first kappa shape index (κ1) is 18.2. The predicted molar refractivity (Wildman–Crippen MR) is 88.4 cm³/mol. The van der Waals surface area contributed by atoms with E-state index >= 15 is 0 Å². The molecule has 0 amide bonds. The molecule has 2 atom stereocenters. The van der Waals surface area contributed by atoms with E-state index in [0.29, 0.717) is 5.92 Å². The molecule has 0 aliphatic rings. The van der Waals surface area contributed by atoms with Gasteiger partial charge in [-0.2, -0.15) is 0 Å². The molecule has 0 heterocycles. The summed E-state index contributed by atoms with van der Waals surface area (Å²) in [5.74, 6) is 1.37. The summed E-state index contributed by atoms with van der Waals surface area (Å²) in [6.45, 7) is 9.43. The topological polar surface area (TPSA) is 3.24 Å². The number of hydrogen-bond acceptors (Lipinski definition) is 1. The van der Waals surface area contributed by atoms with Crippen molar-refractivity contribution in [1.82, 2.24) is 4.90 Å². The molecule has 0 fully saturated rings. The molecule has 0 saturated heterocycles. The van der Waals surface area contributed by atoms with Crippen molar-refractivity contribution in [3.63, 3.8) is 0 Å². The Hall–Kier alpha value is -0.820. The lowest BCUT2D eigenvalue weighted by atomic mass is 9.94. The summed E-state index contributed by atoms with van der Waals surface area (Å²) in [7, 11) is 4.29. The molecule has 0 aliphatic heterocycles. The van der Waals surface area contributed by atoms with Gasteiger partial charge in [-0.15, -0.1) is 6.58 Å². The van der Waals surface area contributed by atoms with Gasteiger partial charge in [0.15, 0.2) is 0 Å². The van der Waals surface area contributed by atoms with Gasteiger partial charge in [0.05, 0.1) is 0 Å². The molecule has 0 saturated carbocycles. The van der Waals surface area contributed by atoms with Gasteiger partial charge in [-0.3, -0.25) is 0 Å². The van der Waals surface area contributed by atoms with Crippen LogP contribution in [0.25, 0.3) is 0 Å². The standard InChI is InChI=1S/C18H33N/c1-6-9-10-12-18(11-7-2)14-13-17(8-3)15-16-19(4)5/h6-7,9,13-14,17-18H,2,8,10-12,15-16H2,1,3-5H3/b9-6-,14-13+. The molecule has 2 unspecified atom stereocenters. The average Bonchev–Trinajstić information content (AvgIpc) is 2.38. The first-order valence-corrected chi connectivity index (χ1v) is 7.69. The summed E-state index contributed by atoms with van der Waals surface area (Å²) in [4.78, 5) is 2.27. The van der Waals surface area contributed by atoms with Gasteiger partial charge in [0.2, 0.25) is 0 Å². The Morgan fingerprint density at radius 3 is 2.32 bits per heavy atom. The van der Waals surface area contributed by atoms with Gasteiger partial charge in [0.1, 0.15) is 0 Å². The zero-order valence-corrected chi connectivity index (χ0v) is 13.4. The minimum absolute atomic E-state index is 0.655. The average molecular weight is 263 g/mol. The minimum atomic E-state index is 0.655. The molecule has 0 bridgehead atoms. The Balaban J connectivity index is 4.26. The molecule has 0 spiro atoms. The highest BCUT2D eigenvalue weighted by Gasteiger charge is 2.05. The molecule has 0 aromatic rings. The van der Waals surface area contributed by atoms with Crippen molar-refractivity contribution in [3.8, 4) is 0 Å². The molecule has 0 aromatic carbocycles. The second kappa shape index (κ2) is 12.2. The molecule has 0 aromatic heterocycles. The van der Waals surface area contributed by atoms with E-state index in [-0.39, 0.29) is 0 Å². The normalized spacial score (nSPS) is 15.4. The van der Waals surface area contributed by atoms with E-state index in [4.69, 9.17) is 0 Å². The highest BCUT2D eigenvalue weighted by Crippen LogP contribution is 2.18. The van der Waals surface area contributed by atoms with Crippen LogP contribution >= 0.6 is 0 Å². The lowest BCUT2D eigenvalue weighted by Gasteiger charge is -2.16. The monoisotopic (exact) mass is 263 g/mol. The van der Waals surface area contributed by atoms with Crippen molar-refractivity contribution < 1.29 is 0 Å². The van der Waals surface area contributed by atoms with E-state index in [1.54, 1.807) is 0 Å². The third kappa shape index (κ3) is 10.8. The number of rotatable bonds is 11. The van der Waals surface area contributed by atoms with Crippen LogP contribution in [0.5, 0.6) is 0 Å². The molecular weight excluding hydrogens is 230 g/mol. The Labute approximate surface area is 121 Å². The van der Waals surface area contributed by atoms with Crippen LogP contribution in [0.1, 0.15) is 46.0 Å².